The first kappa shape index (κ1) is 18.7. The fourth-order valence-electron chi connectivity index (χ4n) is 2.83. The lowest BCUT2D eigenvalue weighted by Crippen LogP contribution is -2.30. The van der Waals surface area contributed by atoms with Gasteiger partial charge < -0.3 is 10.6 Å². The summed E-state index contributed by atoms with van der Waals surface area (Å²) < 4.78 is 28.1. The SMILES string of the molecule is Cc1cc(C)c(NS(=O)(=O)c2ccc(NC(=S)NC3CC3)cc2)c(C)c1. The Morgan fingerprint density at radius 2 is 1.62 bits per heavy atom. The maximum atomic E-state index is 12.7. The summed E-state index contributed by atoms with van der Waals surface area (Å²) in [5.74, 6) is 0. The molecule has 5 nitrogen and oxygen atoms in total. The molecule has 0 saturated heterocycles. The summed E-state index contributed by atoms with van der Waals surface area (Å²) in [6, 6.07) is 11.0. The Morgan fingerprint density at radius 1 is 1.04 bits per heavy atom. The zero-order valence-electron chi connectivity index (χ0n) is 15.1. The number of thiocarbonyl (C=S) groups is 1. The van der Waals surface area contributed by atoms with Crippen molar-refractivity contribution in [1.82, 2.24) is 5.32 Å². The van der Waals surface area contributed by atoms with E-state index in [1.165, 1.54) is 0 Å². The van der Waals surface area contributed by atoms with Crippen LogP contribution in [0.1, 0.15) is 29.5 Å². The highest BCUT2D eigenvalue weighted by Crippen LogP contribution is 2.25. The second-order valence-electron chi connectivity index (χ2n) is 6.78. The van der Waals surface area contributed by atoms with Gasteiger partial charge in [0, 0.05) is 11.7 Å². The number of benzene rings is 2. The molecule has 3 rings (SSSR count). The quantitative estimate of drug-likeness (QED) is 0.678. The normalized spacial score (nSPS) is 14.0. The number of aryl methyl sites for hydroxylation is 3. The van der Waals surface area contributed by atoms with E-state index in [4.69, 9.17) is 12.2 Å². The minimum atomic E-state index is -3.65. The molecule has 0 bridgehead atoms. The zero-order valence-corrected chi connectivity index (χ0v) is 16.7. The first-order valence-corrected chi connectivity index (χ1v) is 10.4. The van der Waals surface area contributed by atoms with Gasteiger partial charge in [0.15, 0.2) is 5.11 Å². The molecule has 0 radical (unpaired) electrons. The second-order valence-corrected chi connectivity index (χ2v) is 8.87. The van der Waals surface area contributed by atoms with Gasteiger partial charge in [-0.15, -0.1) is 0 Å². The molecule has 3 N–H and O–H groups in total. The van der Waals surface area contributed by atoms with Crippen LogP contribution >= 0.6 is 12.2 Å². The number of nitrogens with one attached hydrogen (secondary N) is 3. The molecular formula is C19H23N3O2S2. The van der Waals surface area contributed by atoms with Crippen LogP contribution in [-0.4, -0.2) is 19.6 Å². The lowest BCUT2D eigenvalue weighted by atomic mass is 10.1. The van der Waals surface area contributed by atoms with Gasteiger partial charge in [0.25, 0.3) is 10.0 Å². The minimum absolute atomic E-state index is 0.212. The molecule has 1 aliphatic carbocycles. The molecule has 0 aromatic heterocycles. The highest BCUT2D eigenvalue weighted by Gasteiger charge is 2.22. The Kier molecular flexibility index (Phi) is 5.20. The van der Waals surface area contributed by atoms with Gasteiger partial charge >= 0.3 is 0 Å². The Hall–Kier alpha value is -2.12. The van der Waals surface area contributed by atoms with E-state index in [1.54, 1.807) is 24.3 Å². The van der Waals surface area contributed by atoms with Crippen LogP contribution < -0.4 is 15.4 Å². The third-order valence-electron chi connectivity index (χ3n) is 4.25. The molecule has 138 valence electrons. The standard InChI is InChI=1S/C19H23N3O2S2/c1-12-10-13(2)18(14(3)11-12)22-26(23,24)17-8-6-16(7-9-17)21-19(25)20-15-4-5-15/h6-11,15,22H,4-5H2,1-3H3,(H2,20,21,25). The minimum Gasteiger partial charge on any atom is -0.360 e. The molecule has 0 atom stereocenters. The van der Waals surface area contributed by atoms with Crippen molar-refractivity contribution in [1.29, 1.82) is 0 Å². The summed E-state index contributed by atoms with van der Waals surface area (Å²) in [6.07, 6.45) is 2.28. The van der Waals surface area contributed by atoms with Crippen molar-refractivity contribution in [3.8, 4) is 0 Å². The molecule has 0 aliphatic heterocycles. The molecule has 2 aromatic carbocycles. The summed E-state index contributed by atoms with van der Waals surface area (Å²) in [5, 5.41) is 6.82. The first-order valence-electron chi connectivity index (χ1n) is 8.53. The van der Waals surface area contributed by atoms with Gasteiger partial charge in [-0.05, 0) is 81.2 Å². The van der Waals surface area contributed by atoms with Crippen LogP contribution in [0.3, 0.4) is 0 Å². The molecule has 1 fully saturated rings. The van der Waals surface area contributed by atoms with Crippen LogP contribution in [0.15, 0.2) is 41.3 Å². The summed E-state index contributed by atoms with van der Waals surface area (Å²) in [5.41, 5.74) is 4.30. The van der Waals surface area contributed by atoms with E-state index in [-0.39, 0.29) is 4.90 Å². The Bertz CT molecular complexity index is 911. The van der Waals surface area contributed by atoms with Gasteiger partial charge in [-0.25, -0.2) is 8.42 Å². The maximum absolute atomic E-state index is 12.7. The van der Waals surface area contributed by atoms with E-state index in [9.17, 15) is 8.42 Å². The van der Waals surface area contributed by atoms with Crippen molar-refractivity contribution in [2.45, 2.75) is 44.6 Å². The van der Waals surface area contributed by atoms with Crippen LogP contribution in [0.4, 0.5) is 11.4 Å². The van der Waals surface area contributed by atoms with E-state index in [1.807, 2.05) is 32.9 Å². The predicted octanol–water partition coefficient (Wildman–Crippen LogP) is 3.86. The van der Waals surface area contributed by atoms with Gasteiger partial charge in [-0.3, -0.25) is 4.72 Å². The largest absolute Gasteiger partial charge is 0.360 e. The van der Waals surface area contributed by atoms with Crippen LogP contribution in [0, 0.1) is 20.8 Å². The highest BCUT2D eigenvalue weighted by molar-refractivity contribution is 7.92. The highest BCUT2D eigenvalue weighted by atomic mass is 32.2. The number of rotatable bonds is 5. The average molecular weight is 390 g/mol. The van der Waals surface area contributed by atoms with Gasteiger partial charge in [0.1, 0.15) is 0 Å². The molecule has 26 heavy (non-hydrogen) atoms. The van der Waals surface area contributed by atoms with Gasteiger partial charge in [0.2, 0.25) is 0 Å². The van der Waals surface area contributed by atoms with Crippen molar-refractivity contribution >= 4 is 38.7 Å². The maximum Gasteiger partial charge on any atom is 0.261 e. The monoisotopic (exact) mass is 389 g/mol. The van der Waals surface area contributed by atoms with Gasteiger partial charge in [-0.2, -0.15) is 0 Å². The summed E-state index contributed by atoms with van der Waals surface area (Å²) in [4.78, 5) is 0.212. The second kappa shape index (κ2) is 7.25. The number of hydrogen-bond acceptors (Lipinski definition) is 3. The Balaban J connectivity index is 1.74. The summed E-state index contributed by atoms with van der Waals surface area (Å²) in [6.45, 7) is 5.80. The van der Waals surface area contributed by atoms with Crippen LogP contribution in [0.5, 0.6) is 0 Å². The number of hydrogen-bond donors (Lipinski definition) is 3. The predicted molar refractivity (Wildman–Crippen MR) is 110 cm³/mol. The van der Waals surface area contributed by atoms with Crippen molar-refractivity contribution < 1.29 is 8.42 Å². The summed E-state index contributed by atoms with van der Waals surface area (Å²) in [7, 11) is -3.65. The fraction of sp³-hybridized carbons (Fsp3) is 0.316. The van der Waals surface area contributed by atoms with Gasteiger partial charge in [0.05, 0.1) is 10.6 Å². The Morgan fingerprint density at radius 3 is 2.15 bits per heavy atom. The molecule has 1 aliphatic rings. The summed E-state index contributed by atoms with van der Waals surface area (Å²) >= 11 is 5.23. The molecule has 0 amide bonds. The van der Waals surface area contributed by atoms with Crippen LogP contribution in [-0.2, 0) is 10.0 Å². The van der Waals surface area contributed by atoms with Crippen molar-refractivity contribution in [2.24, 2.45) is 0 Å². The topological polar surface area (TPSA) is 70.2 Å². The van der Waals surface area contributed by atoms with E-state index >= 15 is 0 Å². The van der Waals surface area contributed by atoms with E-state index in [0.717, 1.165) is 35.2 Å². The third-order valence-corrected chi connectivity index (χ3v) is 5.83. The Labute approximate surface area is 160 Å². The zero-order chi connectivity index (χ0) is 18.9. The van der Waals surface area contributed by atoms with Crippen LogP contribution in [0.2, 0.25) is 0 Å². The van der Waals surface area contributed by atoms with E-state index < -0.39 is 10.0 Å². The van der Waals surface area contributed by atoms with E-state index in [0.29, 0.717) is 16.8 Å². The van der Waals surface area contributed by atoms with E-state index in [2.05, 4.69) is 15.4 Å². The number of anilines is 2. The van der Waals surface area contributed by atoms with Crippen molar-refractivity contribution in [3.63, 3.8) is 0 Å². The average Bonchev–Trinajstić information content (AvgIpc) is 3.35. The fourth-order valence-corrected chi connectivity index (χ4v) is 4.32. The van der Waals surface area contributed by atoms with Gasteiger partial charge in [-0.1, -0.05) is 17.7 Å². The van der Waals surface area contributed by atoms with Crippen LogP contribution in [0.25, 0.3) is 0 Å². The molecule has 7 heteroatoms. The lowest BCUT2D eigenvalue weighted by molar-refractivity contribution is 0.601. The molecular weight excluding hydrogens is 366 g/mol. The third kappa shape index (κ3) is 4.53. The van der Waals surface area contributed by atoms with Crippen molar-refractivity contribution in [3.05, 3.63) is 53.1 Å². The molecule has 0 spiro atoms. The molecule has 1 saturated carbocycles. The lowest BCUT2D eigenvalue weighted by Gasteiger charge is -2.15. The van der Waals surface area contributed by atoms with Crippen molar-refractivity contribution in [2.75, 3.05) is 10.0 Å². The molecule has 0 heterocycles. The molecule has 2 aromatic rings. The number of sulfonamides is 1. The smallest absolute Gasteiger partial charge is 0.261 e. The molecule has 0 unspecified atom stereocenters. The first-order chi connectivity index (χ1) is 12.2.